The third kappa shape index (κ3) is 3.56. The van der Waals surface area contributed by atoms with Crippen LogP contribution in [0.15, 0.2) is 69.6 Å². The van der Waals surface area contributed by atoms with Crippen LogP contribution in [0.5, 0.6) is 0 Å². The van der Waals surface area contributed by atoms with E-state index >= 15 is 0 Å². The first kappa shape index (κ1) is 23.3. The van der Waals surface area contributed by atoms with Crippen molar-refractivity contribution >= 4 is 46.1 Å². The van der Waals surface area contributed by atoms with E-state index in [0.717, 1.165) is 17.0 Å². The van der Waals surface area contributed by atoms with Crippen molar-refractivity contribution in [3.8, 4) is 0 Å². The summed E-state index contributed by atoms with van der Waals surface area (Å²) in [5.74, 6) is -0.786. The zero-order valence-electron chi connectivity index (χ0n) is 19.4. The quantitative estimate of drug-likeness (QED) is 0.508. The summed E-state index contributed by atoms with van der Waals surface area (Å²) >= 11 is 7.69. The zero-order valence-corrected chi connectivity index (χ0v) is 20.9. The van der Waals surface area contributed by atoms with Crippen LogP contribution in [0.4, 0.5) is 5.69 Å². The predicted molar refractivity (Wildman–Crippen MR) is 135 cm³/mol. The number of thiazole rings is 1. The Morgan fingerprint density at radius 3 is 2.54 bits per heavy atom. The average Bonchev–Trinajstić information content (AvgIpc) is 3.30. The molecule has 1 amide bonds. The molecule has 0 spiro atoms. The number of fused-ring (bicyclic) bond motifs is 2. The van der Waals surface area contributed by atoms with Crippen molar-refractivity contribution in [3.63, 3.8) is 0 Å². The number of aromatic nitrogens is 1. The fourth-order valence-electron chi connectivity index (χ4n) is 4.65. The molecule has 35 heavy (non-hydrogen) atoms. The lowest BCUT2D eigenvalue weighted by atomic mass is 9.96. The van der Waals surface area contributed by atoms with Gasteiger partial charge in [0, 0.05) is 17.1 Å². The molecule has 0 N–H and O–H groups in total. The molecule has 1 unspecified atom stereocenters. The highest BCUT2D eigenvalue weighted by molar-refractivity contribution is 7.07. The molecule has 0 saturated carbocycles. The second-order valence-corrected chi connectivity index (χ2v) is 9.47. The Hall–Kier alpha value is -3.49. The minimum atomic E-state index is -0.831. The van der Waals surface area contributed by atoms with Crippen molar-refractivity contribution in [1.82, 2.24) is 4.57 Å². The van der Waals surface area contributed by atoms with Gasteiger partial charge in [-0.15, -0.1) is 0 Å². The van der Waals surface area contributed by atoms with Gasteiger partial charge < -0.3 is 9.64 Å². The minimum absolute atomic E-state index is 0.178. The summed E-state index contributed by atoms with van der Waals surface area (Å²) < 4.78 is 7.06. The molecule has 0 aliphatic carbocycles. The van der Waals surface area contributed by atoms with E-state index in [1.807, 2.05) is 31.2 Å². The summed E-state index contributed by atoms with van der Waals surface area (Å²) in [5.41, 5.74) is 2.70. The third-order valence-corrected chi connectivity index (χ3v) is 7.56. The van der Waals surface area contributed by atoms with Gasteiger partial charge in [0.1, 0.15) is 10.6 Å². The van der Waals surface area contributed by atoms with Crippen LogP contribution >= 0.6 is 22.9 Å². The number of hydrogen-bond acceptors (Lipinski definition) is 6. The first-order chi connectivity index (χ1) is 16.9. The number of para-hydroxylation sites is 1. The van der Waals surface area contributed by atoms with Gasteiger partial charge in [0.05, 0.1) is 29.1 Å². The molecule has 2 aliphatic rings. The number of ether oxygens (including phenoxy) is 1. The number of likely N-dealkylation sites (N-methyl/N-ethyl adjacent to an activating group) is 1. The Kier molecular flexibility index (Phi) is 5.94. The fraction of sp³-hybridized carbons (Fsp3) is 0.231. The lowest BCUT2D eigenvalue weighted by molar-refractivity contribution is -0.139. The Balaban J connectivity index is 1.85. The molecule has 178 valence electrons. The summed E-state index contributed by atoms with van der Waals surface area (Å²) in [6.45, 7) is 5.98. The van der Waals surface area contributed by atoms with Crippen LogP contribution < -0.4 is 19.8 Å². The molecule has 0 radical (unpaired) electrons. The summed E-state index contributed by atoms with van der Waals surface area (Å²) in [6, 6.07) is 13.7. The number of carbonyl (C=O) groups is 2. The Morgan fingerprint density at radius 1 is 1.11 bits per heavy atom. The van der Waals surface area contributed by atoms with E-state index in [1.165, 1.54) is 4.57 Å². The third-order valence-electron chi connectivity index (χ3n) is 6.16. The molecule has 1 aromatic heterocycles. The number of halogens is 1. The predicted octanol–water partition coefficient (Wildman–Crippen LogP) is 3.19. The van der Waals surface area contributed by atoms with Gasteiger partial charge in [-0.25, -0.2) is 9.79 Å². The maximum Gasteiger partial charge on any atom is 0.338 e. The van der Waals surface area contributed by atoms with Crippen LogP contribution in [0.1, 0.15) is 37.9 Å². The van der Waals surface area contributed by atoms with Crippen molar-refractivity contribution in [2.24, 2.45) is 4.99 Å². The number of anilines is 1. The highest BCUT2D eigenvalue weighted by atomic mass is 35.5. The number of esters is 1. The van der Waals surface area contributed by atoms with Crippen LogP contribution in [-0.2, 0) is 14.3 Å². The van der Waals surface area contributed by atoms with Gasteiger partial charge >= 0.3 is 5.97 Å². The molecule has 3 heterocycles. The number of nitrogens with zero attached hydrogens (tertiary/aromatic N) is 3. The zero-order chi connectivity index (χ0) is 24.9. The Bertz CT molecular complexity index is 1600. The number of allylic oxidation sites excluding steroid dienone is 1. The molecular weight excluding hydrogens is 486 g/mol. The molecule has 5 rings (SSSR count). The van der Waals surface area contributed by atoms with Gasteiger partial charge in [-0.3, -0.25) is 14.2 Å². The molecule has 3 aromatic rings. The second kappa shape index (κ2) is 8.94. The van der Waals surface area contributed by atoms with E-state index in [0.29, 0.717) is 38.8 Å². The standard InChI is InChI=1S/C26H22ClN3O4S/c1-4-29-18-13-9-7-11-16(18)20(23(29)31)22-24(32)30-21(15-10-6-8-12-17(15)27)19(25(33)34-5-2)14(3)28-26(30)35-22/h6-13,21H,4-5H2,1-3H3. The monoisotopic (exact) mass is 507 g/mol. The fourth-order valence-corrected chi connectivity index (χ4v) is 6.02. The van der Waals surface area contributed by atoms with Crippen molar-refractivity contribution in [1.29, 1.82) is 0 Å². The molecule has 0 fully saturated rings. The highest BCUT2D eigenvalue weighted by Crippen LogP contribution is 2.36. The number of amides is 1. The number of rotatable bonds is 4. The molecule has 2 aliphatic heterocycles. The smallest absolute Gasteiger partial charge is 0.338 e. The summed E-state index contributed by atoms with van der Waals surface area (Å²) in [6.07, 6.45) is 0. The van der Waals surface area contributed by atoms with Gasteiger partial charge in [0.2, 0.25) is 0 Å². The highest BCUT2D eigenvalue weighted by Gasteiger charge is 2.37. The Labute approximate surface area is 210 Å². The first-order valence-corrected chi connectivity index (χ1v) is 12.5. The number of hydrogen-bond donors (Lipinski definition) is 0. The van der Waals surface area contributed by atoms with Crippen LogP contribution in [0, 0.1) is 0 Å². The van der Waals surface area contributed by atoms with Crippen molar-refractivity contribution in [2.75, 3.05) is 18.1 Å². The van der Waals surface area contributed by atoms with Crippen LogP contribution in [0.2, 0.25) is 5.02 Å². The topological polar surface area (TPSA) is 81.0 Å². The normalized spacial score (nSPS) is 18.3. The lowest BCUT2D eigenvalue weighted by Gasteiger charge is -2.25. The van der Waals surface area contributed by atoms with Crippen LogP contribution in [-0.4, -0.2) is 29.6 Å². The van der Waals surface area contributed by atoms with E-state index in [2.05, 4.69) is 4.99 Å². The molecule has 2 aromatic carbocycles. The maximum atomic E-state index is 14.0. The van der Waals surface area contributed by atoms with Crippen molar-refractivity contribution < 1.29 is 14.3 Å². The molecule has 0 bridgehead atoms. The van der Waals surface area contributed by atoms with Crippen LogP contribution in [0.3, 0.4) is 0 Å². The molecule has 7 nitrogen and oxygen atoms in total. The van der Waals surface area contributed by atoms with E-state index in [4.69, 9.17) is 16.3 Å². The van der Waals surface area contributed by atoms with Gasteiger partial charge in [0.25, 0.3) is 11.5 Å². The summed E-state index contributed by atoms with van der Waals surface area (Å²) in [4.78, 5) is 47.0. The molecule has 0 saturated heterocycles. The molecular formula is C26H22ClN3O4S. The number of benzene rings is 2. The van der Waals surface area contributed by atoms with Crippen molar-refractivity contribution in [3.05, 3.63) is 95.6 Å². The molecule has 1 atom stereocenters. The average molecular weight is 508 g/mol. The van der Waals surface area contributed by atoms with Gasteiger partial charge in [-0.05, 0) is 38.5 Å². The van der Waals surface area contributed by atoms with E-state index in [1.54, 1.807) is 43.0 Å². The maximum absolute atomic E-state index is 14.0. The summed E-state index contributed by atoms with van der Waals surface area (Å²) in [7, 11) is 0. The molecule has 9 heteroatoms. The van der Waals surface area contributed by atoms with Gasteiger partial charge in [-0.2, -0.15) is 0 Å². The SMILES string of the molecule is CCOC(=O)C1=C(C)N=c2sc(=C3C(=O)N(CC)c4ccccc43)c(=O)n2C1c1ccccc1Cl. The van der Waals surface area contributed by atoms with Gasteiger partial charge in [0.15, 0.2) is 4.80 Å². The number of carbonyl (C=O) groups excluding carboxylic acids is 2. The lowest BCUT2D eigenvalue weighted by Crippen LogP contribution is -2.41. The first-order valence-electron chi connectivity index (χ1n) is 11.3. The van der Waals surface area contributed by atoms with Crippen molar-refractivity contribution in [2.45, 2.75) is 26.8 Å². The van der Waals surface area contributed by atoms with E-state index in [-0.39, 0.29) is 22.6 Å². The largest absolute Gasteiger partial charge is 0.463 e. The van der Waals surface area contributed by atoms with E-state index < -0.39 is 17.6 Å². The summed E-state index contributed by atoms with van der Waals surface area (Å²) in [5, 5.41) is 0.409. The van der Waals surface area contributed by atoms with Gasteiger partial charge in [-0.1, -0.05) is 59.3 Å². The Morgan fingerprint density at radius 2 is 1.83 bits per heavy atom. The van der Waals surface area contributed by atoms with Crippen LogP contribution in [0.25, 0.3) is 5.57 Å². The van der Waals surface area contributed by atoms with E-state index in [9.17, 15) is 14.4 Å². The second-order valence-electron chi connectivity index (χ2n) is 8.09. The minimum Gasteiger partial charge on any atom is -0.463 e.